The Bertz CT molecular complexity index is 1060. The number of hydrogen-bond acceptors (Lipinski definition) is 2. The fraction of sp³-hybridized carbons (Fsp3) is 0.208. The van der Waals surface area contributed by atoms with Crippen molar-refractivity contribution in [3.8, 4) is 0 Å². The molecule has 1 atom stereocenters. The number of carbonyl (C=O) groups excluding carboxylic acids is 1. The van der Waals surface area contributed by atoms with Crippen LogP contribution in [0.1, 0.15) is 33.5 Å². The van der Waals surface area contributed by atoms with E-state index in [1.54, 1.807) is 0 Å². The second-order valence-corrected chi connectivity index (χ2v) is 8.46. The largest absolute Gasteiger partial charge is 0.312 e. The monoisotopic (exact) mass is 422 g/mol. The van der Waals surface area contributed by atoms with Crippen LogP contribution in [0.25, 0.3) is 0 Å². The molecule has 2 aliphatic rings. The number of hydrogen-bond donors (Lipinski definition) is 0. The van der Waals surface area contributed by atoms with Gasteiger partial charge in [0.1, 0.15) is 5.66 Å². The van der Waals surface area contributed by atoms with Crippen molar-refractivity contribution in [2.45, 2.75) is 18.6 Å². The smallest absolute Gasteiger partial charge is 0.256 e. The van der Waals surface area contributed by atoms with Gasteiger partial charge in [0.2, 0.25) is 0 Å². The number of halogens is 2. The van der Waals surface area contributed by atoms with Crippen molar-refractivity contribution in [2.75, 3.05) is 13.1 Å². The Morgan fingerprint density at radius 2 is 1.48 bits per heavy atom. The molecule has 3 aromatic rings. The van der Waals surface area contributed by atoms with Crippen molar-refractivity contribution in [3.63, 3.8) is 0 Å². The molecule has 1 unspecified atom stereocenters. The normalized spacial score (nSPS) is 21.2. The van der Waals surface area contributed by atoms with Crippen molar-refractivity contribution in [1.82, 2.24) is 9.80 Å². The second-order valence-electron chi connectivity index (χ2n) is 7.58. The minimum atomic E-state index is -0.629. The molecule has 5 heteroatoms. The molecule has 0 N–H and O–H groups in total. The van der Waals surface area contributed by atoms with Crippen molar-refractivity contribution in [2.24, 2.45) is 0 Å². The quantitative estimate of drug-likeness (QED) is 0.551. The Balaban J connectivity index is 1.71. The molecule has 0 saturated carbocycles. The molecule has 3 aromatic carbocycles. The lowest BCUT2D eigenvalue weighted by Gasteiger charge is -2.51. The molecule has 29 heavy (non-hydrogen) atoms. The summed E-state index contributed by atoms with van der Waals surface area (Å²) < 4.78 is 0. The van der Waals surface area contributed by atoms with Crippen LogP contribution >= 0.6 is 23.2 Å². The molecule has 146 valence electrons. The number of benzene rings is 3. The van der Waals surface area contributed by atoms with Gasteiger partial charge in [-0.05, 0) is 47.9 Å². The Hall–Kier alpha value is -2.33. The van der Waals surface area contributed by atoms with Crippen LogP contribution in [-0.2, 0) is 12.2 Å². The van der Waals surface area contributed by atoms with Gasteiger partial charge in [-0.25, -0.2) is 0 Å². The van der Waals surface area contributed by atoms with Gasteiger partial charge < -0.3 is 4.90 Å². The lowest BCUT2D eigenvalue weighted by molar-refractivity contribution is -0.0433. The predicted octanol–water partition coefficient (Wildman–Crippen LogP) is 5.56. The minimum Gasteiger partial charge on any atom is -0.312 e. The molecule has 2 aliphatic heterocycles. The number of rotatable bonds is 3. The van der Waals surface area contributed by atoms with E-state index in [2.05, 4.69) is 23.1 Å². The molecule has 1 amide bonds. The second kappa shape index (κ2) is 7.17. The lowest BCUT2D eigenvalue weighted by Crippen LogP contribution is -2.60. The first-order valence-electron chi connectivity index (χ1n) is 9.78. The van der Waals surface area contributed by atoms with Gasteiger partial charge in [0.25, 0.3) is 5.91 Å². The van der Waals surface area contributed by atoms with Crippen LogP contribution in [-0.4, -0.2) is 28.8 Å². The highest BCUT2D eigenvalue weighted by molar-refractivity contribution is 6.30. The van der Waals surface area contributed by atoms with Gasteiger partial charge in [-0.3, -0.25) is 9.69 Å². The summed E-state index contributed by atoms with van der Waals surface area (Å²) >= 11 is 12.3. The van der Waals surface area contributed by atoms with Crippen molar-refractivity contribution >= 4 is 29.1 Å². The SMILES string of the molecule is O=C1c2ccccc2C2(c3ccc(Cl)cc3)N(Cc3ccc(Cl)cc3)CCCN12. The number of amides is 1. The maximum absolute atomic E-state index is 13.4. The maximum atomic E-state index is 13.4. The lowest BCUT2D eigenvalue weighted by atomic mass is 9.87. The summed E-state index contributed by atoms with van der Waals surface area (Å²) in [6.45, 7) is 2.34. The first kappa shape index (κ1) is 18.7. The van der Waals surface area contributed by atoms with Gasteiger partial charge in [-0.1, -0.05) is 65.7 Å². The highest BCUT2D eigenvalue weighted by Gasteiger charge is 2.55. The summed E-state index contributed by atoms with van der Waals surface area (Å²) in [5, 5.41) is 1.41. The summed E-state index contributed by atoms with van der Waals surface area (Å²) in [5.74, 6) is 0.0938. The van der Waals surface area contributed by atoms with Gasteiger partial charge in [-0.2, -0.15) is 0 Å². The van der Waals surface area contributed by atoms with E-state index in [0.29, 0.717) is 5.02 Å². The van der Waals surface area contributed by atoms with E-state index in [-0.39, 0.29) is 5.91 Å². The molecule has 1 saturated heterocycles. The molecular formula is C24H20Cl2N2O. The van der Waals surface area contributed by atoms with Crippen LogP contribution in [0.2, 0.25) is 10.0 Å². The molecule has 0 radical (unpaired) electrons. The molecule has 0 aliphatic carbocycles. The molecule has 5 rings (SSSR count). The standard InChI is InChI=1S/C24H20Cl2N2O/c25-19-10-6-17(7-11-19)16-27-14-3-15-28-23(29)21-4-1-2-5-22(21)24(27,28)18-8-12-20(26)13-9-18/h1-2,4-13H,3,14-16H2. The zero-order chi connectivity index (χ0) is 20.0. The number of fused-ring (bicyclic) bond motifs is 3. The zero-order valence-corrected chi connectivity index (χ0v) is 17.3. The average molecular weight is 423 g/mol. The Kier molecular flexibility index (Phi) is 4.62. The third-order valence-corrected chi connectivity index (χ3v) is 6.47. The summed E-state index contributed by atoms with van der Waals surface area (Å²) in [6.07, 6.45) is 0.933. The Morgan fingerprint density at radius 3 is 2.21 bits per heavy atom. The summed E-state index contributed by atoms with van der Waals surface area (Å²) in [6, 6.07) is 23.8. The first-order valence-corrected chi connectivity index (χ1v) is 10.5. The van der Waals surface area contributed by atoms with E-state index in [1.165, 1.54) is 5.56 Å². The van der Waals surface area contributed by atoms with E-state index in [1.807, 2.05) is 59.5 Å². The third-order valence-electron chi connectivity index (χ3n) is 5.97. The van der Waals surface area contributed by atoms with E-state index in [4.69, 9.17) is 23.2 Å². The maximum Gasteiger partial charge on any atom is 0.256 e. The Morgan fingerprint density at radius 1 is 0.828 bits per heavy atom. The summed E-state index contributed by atoms with van der Waals surface area (Å²) in [7, 11) is 0. The van der Waals surface area contributed by atoms with E-state index in [0.717, 1.165) is 47.8 Å². The van der Waals surface area contributed by atoms with Crippen molar-refractivity contribution < 1.29 is 4.79 Å². The van der Waals surface area contributed by atoms with Crippen LogP contribution in [0, 0.1) is 0 Å². The van der Waals surface area contributed by atoms with E-state index < -0.39 is 5.66 Å². The van der Waals surface area contributed by atoms with Gasteiger partial charge in [0, 0.05) is 40.8 Å². The summed E-state index contributed by atoms with van der Waals surface area (Å²) in [5.41, 5.74) is 3.43. The average Bonchev–Trinajstić information content (AvgIpc) is 3.01. The first-order chi connectivity index (χ1) is 14.1. The van der Waals surface area contributed by atoms with Crippen LogP contribution in [0.15, 0.2) is 72.8 Å². The van der Waals surface area contributed by atoms with Crippen LogP contribution in [0.5, 0.6) is 0 Å². The molecular weight excluding hydrogens is 403 g/mol. The zero-order valence-electron chi connectivity index (χ0n) is 15.8. The van der Waals surface area contributed by atoms with E-state index in [9.17, 15) is 4.79 Å². The minimum absolute atomic E-state index is 0.0938. The van der Waals surface area contributed by atoms with Gasteiger partial charge >= 0.3 is 0 Å². The third kappa shape index (κ3) is 2.88. The Labute approximate surface area is 180 Å². The highest BCUT2D eigenvalue weighted by atomic mass is 35.5. The number of carbonyl (C=O) groups is 1. The number of nitrogens with zero attached hydrogens (tertiary/aromatic N) is 2. The molecule has 0 bridgehead atoms. The molecule has 2 heterocycles. The highest BCUT2D eigenvalue weighted by Crippen LogP contribution is 2.49. The molecule has 0 aromatic heterocycles. The van der Waals surface area contributed by atoms with Crippen LogP contribution in [0.3, 0.4) is 0 Å². The van der Waals surface area contributed by atoms with Gasteiger partial charge in [-0.15, -0.1) is 0 Å². The van der Waals surface area contributed by atoms with Crippen molar-refractivity contribution in [3.05, 3.63) is 105 Å². The fourth-order valence-corrected chi connectivity index (χ4v) is 5.03. The van der Waals surface area contributed by atoms with Crippen molar-refractivity contribution in [1.29, 1.82) is 0 Å². The fourth-order valence-electron chi connectivity index (χ4n) is 4.78. The van der Waals surface area contributed by atoms with Gasteiger partial charge in [0.15, 0.2) is 0 Å². The molecule has 1 fully saturated rings. The molecule has 0 spiro atoms. The predicted molar refractivity (Wildman–Crippen MR) is 116 cm³/mol. The molecule has 3 nitrogen and oxygen atoms in total. The van der Waals surface area contributed by atoms with Gasteiger partial charge in [0.05, 0.1) is 0 Å². The van der Waals surface area contributed by atoms with Crippen LogP contribution < -0.4 is 0 Å². The topological polar surface area (TPSA) is 23.6 Å². The summed E-state index contributed by atoms with van der Waals surface area (Å²) in [4.78, 5) is 17.8. The van der Waals surface area contributed by atoms with E-state index >= 15 is 0 Å². The van der Waals surface area contributed by atoms with Crippen LogP contribution in [0.4, 0.5) is 0 Å².